The van der Waals surface area contributed by atoms with Crippen molar-refractivity contribution in [2.24, 2.45) is 16.7 Å². The summed E-state index contributed by atoms with van der Waals surface area (Å²) < 4.78 is 16.9. The topological polar surface area (TPSA) is 78.9 Å². The molecule has 6 heteroatoms. The van der Waals surface area contributed by atoms with Gasteiger partial charge in [0.05, 0.1) is 10.8 Å². The third kappa shape index (κ3) is 5.56. The SMILES string of the molecule is CC(C)(C)C(=O)OCC1=CC(=O)[C@H](OC(=O)C(C)(C)C)[C@H](C2CCCC2)O1. The lowest BCUT2D eigenvalue weighted by molar-refractivity contribution is -0.174. The number of carbonyl (C=O) groups is 3. The number of rotatable bonds is 4. The van der Waals surface area contributed by atoms with E-state index in [4.69, 9.17) is 14.2 Å². The van der Waals surface area contributed by atoms with Gasteiger partial charge in [-0.15, -0.1) is 0 Å². The first-order chi connectivity index (χ1) is 12.4. The molecule has 2 rings (SSSR count). The average molecular weight is 380 g/mol. The van der Waals surface area contributed by atoms with E-state index in [2.05, 4.69) is 0 Å². The van der Waals surface area contributed by atoms with E-state index >= 15 is 0 Å². The summed E-state index contributed by atoms with van der Waals surface area (Å²) in [6, 6.07) is 0. The van der Waals surface area contributed by atoms with Crippen LogP contribution in [-0.2, 0) is 28.6 Å². The first-order valence-corrected chi connectivity index (χ1v) is 9.69. The molecular weight excluding hydrogens is 348 g/mol. The number of carbonyl (C=O) groups excluding carboxylic acids is 3. The van der Waals surface area contributed by atoms with Crippen LogP contribution in [0.5, 0.6) is 0 Å². The van der Waals surface area contributed by atoms with Gasteiger partial charge >= 0.3 is 11.9 Å². The Bertz CT molecular complexity index is 614. The van der Waals surface area contributed by atoms with Crippen molar-refractivity contribution in [2.45, 2.75) is 79.4 Å². The first kappa shape index (κ1) is 21.5. The smallest absolute Gasteiger partial charge is 0.312 e. The molecule has 0 bridgehead atoms. The molecule has 1 aliphatic carbocycles. The van der Waals surface area contributed by atoms with E-state index in [-0.39, 0.29) is 24.3 Å². The predicted octanol–water partition coefficient (Wildman–Crippen LogP) is 3.58. The average Bonchev–Trinajstić information content (AvgIpc) is 3.06. The minimum atomic E-state index is -0.943. The molecule has 0 aromatic carbocycles. The summed E-state index contributed by atoms with van der Waals surface area (Å²) in [6.07, 6.45) is 3.81. The highest BCUT2D eigenvalue weighted by Crippen LogP contribution is 2.35. The van der Waals surface area contributed by atoms with Crippen LogP contribution in [0.25, 0.3) is 0 Å². The summed E-state index contributed by atoms with van der Waals surface area (Å²) >= 11 is 0. The van der Waals surface area contributed by atoms with E-state index in [1.165, 1.54) is 6.08 Å². The zero-order valence-corrected chi connectivity index (χ0v) is 17.3. The van der Waals surface area contributed by atoms with Gasteiger partial charge in [0.15, 0.2) is 0 Å². The Morgan fingerprint density at radius 2 is 1.59 bits per heavy atom. The summed E-state index contributed by atoms with van der Waals surface area (Å²) in [5.41, 5.74) is -1.33. The molecule has 0 radical (unpaired) electrons. The number of hydrogen-bond acceptors (Lipinski definition) is 6. The van der Waals surface area contributed by atoms with Crippen LogP contribution in [-0.4, -0.2) is 36.5 Å². The van der Waals surface area contributed by atoms with Crippen LogP contribution >= 0.6 is 0 Å². The van der Waals surface area contributed by atoms with E-state index in [0.717, 1.165) is 25.7 Å². The van der Waals surface area contributed by atoms with Crippen molar-refractivity contribution in [3.63, 3.8) is 0 Å². The van der Waals surface area contributed by atoms with Gasteiger partial charge < -0.3 is 14.2 Å². The lowest BCUT2D eigenvalue weighted by Crippen LogP contribution is -2.47. The summed E-state index contributed by atoms with van der Waals surface area (Å²) in [5.74, 6) is -0.634. The molecule has 0 aromatic rings. The molecule has 0 spiro atoms. The first-order valence-electron chi connectivity index (χ1n) is 9.69. The summed E-state index contributed by atoms with van der Waals surface area (Å²) in [5, 5.41) is 0. The lowest BCUT2D eigenvalue weighted by Gasteiger charge is -2.35. The van der Waals surface area contributed by atoms with Gasteiger partial charge in [-0.05, 0) is 54.4 Å². The van der Waals surface area contributed by atoms with Gasteiger partial charge in [-0.25, -0.2) is 0 Å². The second-order valence-electron chi connectivity index (χ2n) is 9.54. The zero-order chi connectivity index (χ0) is 20.4. The van der Waals surface area contributed by atoms with Gasteiger partial charge in [0.1, 0.15) is 18.5 Å². The van der Waals surface area contributed by atoms with Gasteiger partial charge in [-0.3, -0.25) is 14.4 Å². The maximum absolute atomic E-state index is 12.7. The lowest BCUT2D eigenvalue weighted by atomic mass is 9.91. The molecule has 0 amide bonds. The zero-order valence-electron chi connectivity index (χ0n) is 17.3. The minimum absolute atomic E-state index is 0.0923. The van der Waals surface area contributed by atoms with Crippen molar-refractivity contribution in [1.82, 2.24) is 0 Å². The largest absolute Gasteiger partial charge is 0.486 e. The quantitative estimate of drug-likeness (QED) is 0.694. The van der Waals surface area contributed by atoms with Crippen LogP contribution in [0.1, 0.15) is 67.2 Å². The molecule has 0 unspecified atom stereocenters. The normalized spacial score (nSPS) is 24.2. The summed E-state index contributed by atoms with van der Waals surface area (Å²) in [6.45, 7) is 10.5. The Morgan fingerprint density at radius 3 is 2.11 bits per heavy atom. The Hall–Kier alpha value is -1.85. The molecule has 0 saturated heterocycles. The van der Waals surface area contributed by atoms with Crippen molar-refractivity contribution in [1.29, 1.82) is 0 Å². The van der Waals surface area contributed by atoms with Gasteiger partial charge in [-0.1, -0.05) is 12.8 Å². The molecular formula is C21H32O6. The molecule has 2 atom stereocenters. The molecule has 1 aliphatic heterocycles. The molecule has 1 saturated carbocycles. The Labute approximate surface area is 161 Å². The molecule has 0 aromatic heterocycles. The second kappa shape index (κ2) is 8.03. The molecule has 152 valence electrons. The van der Waals surface area contributed by atoms with Crippen LogP contribution in [0, 0.1) is 16.7 Å². The summed E-state index contributed by atoms with van der Waals surface area (Å²) in [4.78, 5) is 37.0. The molecule has 6 nitrogen and oxygen atoms in total. The van der Waals surface area contributed by atoms with Crippen molar-refractivity contribution in [2.75, 3.05) is 6.61 Å². The molecule has 27 heavy (non-hydrogen) atoms. The van der Waals surface area contributed by atoms with E-state index in [1.54, 1.807) is 41.5 Å². The molecule has 0 N–H and O–H groups in total. The van der Waals surface area contributed by atoms with Gasteiger partial charge in [0.2, 0.25) is 11.9 Å². The molecule has 1 fully saturated rings. The third-order valence-corrected chi connectivity index (χ3v) is 4.84. The highest BCUT2D eigenvalue weighted by Gasteiger charge is 2.44. The monoisotopic (exact) mass is 380 g/mol. The molecule has 2 aliphatic rings. The Morgan fingerprint density at radius 1 is 1.04 bits per heavy atom. The Kier molecular flexibility index (Phi) is 6.38. The maximum atomic E-state index is 12.7. The van der Waals surface area contributed by atoms with Crippen LogP contribution in [0.2, 0.25) is 0 Å². The second-order valence-corrected chi connectivity index (χ2v) is 9.54. The Balaban J connectivity index is 2.14. The number of ketones is 1. The fraction of sp³-hybridized carbons (Fsp3) is 0.762. The van der Waals surface area contributed by atoms with Gasteiger partial charge in [-0.2, -0.15) is 0 Å². The number of hydrogen-bond donors (Lipinski definition) is 0. The van der Waals surface area contributed by atoms with E-state index in [1.807, 2.05) is 0 Å². The molecule has 1 heterocycles. The fourth-order valence-corrected chi connectivity index (χ4v) is 3.15. The number of esters is 2. The van der Waals surface area contributed by atoms with Crippen molar-refractivity contribution >= 4 is 17.7 Å². The van der Waals surface area contributed by atoms with Crippen LogP contribution in [0.4, 0.5) is 0 Å². The highest BCUT2D eigenvalue weighted by atomic mass is 16.6. The standard InChI is InChI=1S/C21H32O6/c1-20(2,3)18(23)25-12-14-11-15(22)17(27-19(24)21(4,5)6)16(26-14)13-9-7-8-10-13/h11,13,16-17H,7-10,12H2,1-6H3/t16-,17-/m0/s1. The van der Waals surface area contributed by atoms with Gasteiger partial charge in [0.25, 0.3) is 0 Å². The van der Waals surface area contributed by atoms with Crippen LogP contribution < -0.4 is 0 Å². The summed E-state index contributed by atoms with van der Waals surface area (Å²) in [7, 11) is 0. The van der Waals surface area contributed by atoms with Gasteiger partial charge in [0, 0.05) is 12.0 Å². The van der Waals surface area contributed by atoms with E-state index in [0.29, 0.717) is 5.76 Å². The predicted molar refractivity (Wildman–Crippen MR) is 99.7 cm³/mol. The van der Waals surface area contributed by atoms with Crippen LogP contribution in [0.3, 0.4) is 0 Å². The van der Waals surface area contributed by atoms with E-state index in [9.17, 15) is 14.4 Å². The minimum Gasteiger partial charge on any atom is -0.486 e. The highest BCUT2D eigenvalue weighted by molar-refractivity contribution is 5.96. The number of ether oxygens (including phenoxy) is 3. The fourth-order valence-electron chi connectivity index (χ4n) is 3.15. The third-order valence-electron chi connectivity index (χ3n) is 4.84. The van der Waals surface area contributed by atoms with Crippen molar-refractivity contribution < 1.29 is 28.6 Å². The van der Waals surface area contributed by atoms with E-state index < -0.39 is 29.0 Å². The van der Waals surface area contributed by atoms with Crippen LogP contribution in [0.15, 0.2) is 11.8 Å². The maximum Gasteiger partial charge on any atom is 0.312 e. The van der Waals surface area contributed by atoms with Crippen molar-refractivity contribution in [3.05, 3.63) is 11.8 Å². The van der Waals surface area contributed by atoms with Crippen molar-refractivity contribution in [3.8, 4) is 0 Å².